The van der Waals surface area contributed by atoms with Crippen LogP contribution in [0.2, 0.25) is 0 Å². The fraction of sp³-hybridized carbons (Fsp3) is 0.500. The van der Waals surface area contributed by atoms with Crippen LogP contribution < -0.4 is 0 Å². The molecule has 2 rings (SSSR count). The second-order valence-electron chi connectivity index (χ2n) is 6.36. The number of carbonyl (C=O) groups is 2. The molecule has 1 atom stereocenters. The van der Waals surface area contributed by atoms with Gasteiger partial charge in [0.2, 0.25) is 0 Å². The number of allylic oxidation sites excluding steroid dienone is 1. The maximum absolute atomic E-state index is 12.8. The van der Waals surface area contributed by atoms with E-state index in [2.05, 4.69) is 13.8 Å². The number of hydrogen-bond acceptors (Lipinski definition) is 4. The highest BCUT2D eigenvalue weighted by Crippen LogP contribution is 2.35. The van der Waals surface area contributed by atoms with Crippen LogP contribution in [-0.4, -0.2) is 36.3 Å². The monoisotopic (exact) mass is 360 g/mol. The second kappa shape index (κ2) is 9.50. The SMILES string of the molecule is CCCCC(CC)CC(=C1C(=O)N(OC)C(=O)N1OC)c1ccccc1. The molecule has 1 unspecified atom stereocenters. The molecule has 6 heteroatoms. The maximum atomic E-state index is 12.8. The Bertz CT molecular complexity index is 657. The molecule has 0 bridgehead atoms. The smallest absolute Gasteiger partial charge is 0.268 e. The summed E-state index contributed by atoms with van der Waals surface area (Å²) in [6, 6.07) is 9.05. The first-order chi connectivity index (χ1) is 12.6. The van der Waals surface area contributed by atoms with Crippen molar-refractivity contribution in [1.29, 1.82) is 0 Å². The van der Waals surface area contributed by atoms with Gasteiger partial charge in [0.05, 0.1) is 14.2 Å². The Kier molecular flexibility index (Phi) is 7.36. The first kappa shape index (κ1) is 20.1. The topological polar surface area (TPSA) is 59.1 Å². The van der Waals surface area contributed by atoms with E-state index in [0.717, 1.165) is 46.9 Å². The highest BCUT2D eigenvalue weighted by Gasteiger charge is 2.45. The lowest BCUT2D eigenvalue weighted by Gasteiger charge is -2.21. The van der Waals surface area contributed by atoms with Gasteiger partial charge in [0.15, 0.2) is 0 Å². The summed E-state index contributed by atoms with van der Waals surface area (Å²) >= 11 is 0. The van der Waals surface area contributed by atoms with E-state index in [1.165, 1.54) is 14.2 Å². The predicted molar refractivity (Wildman–Crippen MR) is 99.4 cm³/mol. The third-order valence-electron chi connectivity index (χ3n) is 4.75. The number of urea groups is 1. The maximum Gasteiger partial charge on any atom is 0.380 e. The van der Waals surface area contributed by atoms with Gasteiger partial charge in [-0.15, -0.1) is 5.06 Å². The molecule has 1 aliphatic heterocycles. The fourth-order valence-electron chi connectivity index (χ4n) is 3.25. The Morgan fingerprint density at radius 3 is 2.23 bits per heavy atom. The second-order valence-corrected chi connectivity index (χ2v) is 6.36. The van der Waals surface area contributed by atoms with Gasteiger partial charge in [-0.1, -0.05) is 69.9 Å². The lowest BCUT2D eigenvalue weighted by atomic mass is 9.88. The normalized spacial score (nSPS) is 17.8. The van der Waals surface area contributed by atoms with Crippen LogP contribution in [0.3, 0.4) is 0 Å². The number of benzene rings is 1. The molecule has 1 saturated heterocycles. The average molecular weight is 360 g/mol. The van der Waals surface area contributed by atoms with Crippen molar-refractivity contribution in [2.24, 2.45) is 5.92 Å². The molecular weight excluding hydrogens is 332 g/mol. The van der Waals surface area contributed by atoms with Crippen LogP contribution in [0, 0.1) is 5.92 Å². The molecule has 1 fully saturated rings. The fourth-order valence-corrected chi connectivity index (χ4v) is 3.25. The van der Waals surface area contributed by atoms with Gasteiger partial charge >= 0.3 is 11.9 Å². The lowest BCUT2D eigenvalue weighted by Crippen LogP contribution is -2.31. The Morgan fingerprint density at radius 2 is 1.69 bits per heavy atom. The molecule has 6 nitrogen and oxygen atoms in total. The van der Waals surface area contributed by atoms with E-state index < -0.39 is 11.9 Å². The Hall–Kier alpha value is -2.18. The molecule has 1 aliphatic rings. The third kappa shape index (κ3) is 4.14. The number of amides is 3. The summed E-state index contributed by atoms with van der Waals surface area (Å²) < 4.78 is 0. The van der Waals surface area contributed by atoms with Gasteiger partial charge in [-0.05, 0) is 23.5 Å². The minimum atomic E-state index is -0.634. The Balaban J connectivity index is 2.53. The summed E-state index contributed by atoms with van der Waals surface area (Å²) in [6.07, 6.45) is 5.06. The van der Waals surface area contributed by atoms with Crippen molar-refractivity contribution in [3.05, 3.63) is 41.6 Å². The zero-order valence-electron chi connectivity index (χ0n) is 16.0. The molecule has 0 spiro atoms. The molecule has 1 aromatic carbocycles. The molecule has 0 aliphatic carbocycles. The van der Waals surface area contributed by atoms with E-state index in [1.54, 1.807) is 0 Å². The molecule has 0 saturated carbocycles. The molecular formula is C20H28N2O4. The predicted octanol–water partition coefficient (Wildman–Crippen LogP) is 4.39. The number of unbranched alkanes of at least 4 members (excludes halogenated alkanes) is 1. The average Bonchev–Trinajstić information content (AvgIpc) is 2.91. The van der Waals surface area contributed by atoms with Crippen molar-refractivity contribution in [2.45, 2.75) is 46.0 Å². The first-order valence-electron chi connectivity index (χ1n) is 9.14. The number of carbonyl (C=O) groups excluding carboxylic acids is 2. The Morgan fingerprint density at radius 1 is 1.04 bits per heavy atom. The zero-order valence-corrected chi connectivity index (χ0v) is 16.0. The molecule has 0 radical (unpaired) electrons. The van der Waals surface area contributed by atoms with Crippen molar-refractivity contribution in [1.82, 2.24) is 10.1 Å². The van der Waals surface area contributed by atoms with Crippen molar-refractivity contribution in [3.8, 4) is 0 Å². The molecule has 3 amide bonds. The van der Waals surface area contributed by atoms with E-state index in [9.17, 15) is 9.59 Å². The summed E-state index contributed by atoms with van der Waals surface area (Å²) in [6.45, 7) is 4.33. The van der Waals surface area contributed by atoms with Crippen LogP contribution in [0.4, 0.5) is 4.79 Å². The number of imide groups is 1. The van der Waals surface area contributed by atoms with Crippen LogP contribution in [0.15, 0.2) is 36.0 Å². The van der Waals surface area contributed by atoms with Crippen LogP contribution in [0.5, 0.6) is 0 Å². The summed E-state index contributed by atoms with van der Waals surface area (Å²) in [5.74, 6) is -0.0700. The number of rotatable bonds is 9. The van der Waals surface area contributed by atoms with E-state index in [4.69, 9.17) is 9.68 Å². The van der Waals surface area contributed by atoms with E-state index in [0.29, 0.717) is 12.3 Å². The summed E-state index contributed by atoms with van der Waals surface area (Å²) in [4.78, 5) is 35.4. The quantitative estimate of drug-likeness (QED) is 0.484. The minimum absolute atomic E-state index is 0.237. The molecule has 0 aromatic heterocycles. The number of hydroxylamine groups is 4. The number of hydrogen-bond donors (Lipinski definition) is 0. The van der Waals surface area contributed by atoms with Gasteiger partial charge in [-0.25, -0.2) is 4.79 Å². The summed E-state index contributed by atoms with van der Waals surface area (Å²) in [7, 11) is 2.67. The van der Waals surface area contributed by atoms with Crippen LogP contribution in [0.1, 0.15) is 51.5 Å². The van der Waals surface area contributed by atoms with Gasteiger partial charge in [-0.3, -0.25) is 14.5 Å². The standard InChI is InChI=1S/C20H28N2O4/c1-5-7-11-15(6-2)14-17(16-12-9-8-10-13-16)18-19(23)22(26-4)20(24)21(18)25-3/h8-10,12-13,15H,5-7,11,14H2,1-4H3. The summed E-state index contributed by atoms with van der Waals surface area (Å²) in [5.41, 5.74) is 1.97. The van der Waals surface area contributed by atoms with E-state index in [-0.39, 0.29) is 5.70 Å². The molecule has 0 N–H and O–H groups in total. The van der Waals surface area contributed by atoms with Crippen molar-refractivity contribution < 1.29 is 19.3 Å². The molecule has 26 heavy (non-hydrogen) atoms. The van der Waals surface area contributed by atoms with Gasteiger partial charge in [0.1, 0.15) is 5.70 Å². The van der Waals surface area contributed by atoms with Crippen LogP contribution in [-0.2, 0) is 14.5 Å². The molecule has 1 heterocycles. The van der Waals surface area contributed by atoms with Crippen molar-refractivity contribution in [2.75, 3.05) is 14.2 Å². The van der Waals surface area contributed by atoms with Gasteiger partial charge in [0, 0.05) is 0 Å². The van der Waals surface area contributed by atoms with Crippen LogP contribution in [0.25, 0.3) is 5.57 Å². The van der Waals surface area contributed by atoms with E-state index >= 15 is 0 Å². The molecule has 1 aromatic rings. The first-order valence-corrected chi connectivity index (χ1v) is 9.14. The van der Waals surface area contributed by atoms with Gasteiger partial charge < -0.3 is 0 Å². The van der Waals surface area contributed by atoms with Gasteiger partial charge in [0.25, 0.3) is 0 Å². The third-order valence-corrected chi connectivity index (χ3v) is 4.75. The zero-order chi connectivity index (χ0) is 19.1. The lowest BCUT2D eigenvalue weighted by molar-refractivity contribution is -0.152. The highest BCUT2D eigenvalue weighted by atomic mass is 16.7. The molecule has 142 valence electrons. The Labute approximate surface area is 155 Å². The van der Waals surface area contributed by atoms with Crippen molar-refractivity contribution >= 4 is 17.5 Å². The minimum Gasteiger partial charge on any atom is -0.268 e. The van der Waals surface area contributed by atoms with E-state index in [1.807, 2.05) is 30.3 Å². The van der Waals surface area contributed by atoms with Gasteiger partial charge in [-0.2, -0.15) is 5.06 Å². The van der Waals surface area contributed by atoms with Crippen molar-refractivity contribution in [3.63, 3.8) is 0 Å². The van der Waals surface area contributed by atoms with Crippen LogP contribution >= 0.6 is 0 Å². The highest BCUT2D eigenvalue weighted by molar-refractivity contribution is 6.14. The summed E-state index contributed by atoms with van der Waals surface area (Å²) in [5, 5.41) is 1.76. The number of nitrogens with zero attached hydrogens (tertiary/aromatic N) is 2. The largest absolute Gasteiger partial charge is 0.380 e.